The van der Waals surface area contributed by atoms with Crippen LogP contribution in [0.5, 0.6) is 17.2 Å². The van der Waals surface area contributed by atoms with Crippen LogP contribution in [0, 0.1) is 0 Å². The number of aliphatic carboxylic acids is 1. The SMILES string of the molecule is CSc1ccc(Oc2ccc(OCC(=O)O)cc2)cc1. The Morgan fingerprint density at radius 1 is 1.00 bits per heavy atom. The summed E-state index contributed by atoms with van der Waals surface area (Å²) in [4.78, 5) is 11.6. The molecular weight excluding hydrogens is 276 g/mol. The molecule has 0 spiro atoms. The minimum atomic E-state index is -1.00. The summed E-state index contributed by atoms with van der Waals surface area (Å²) >= 11 is 1.67. The van der Waals surface area contributed by atoms with E-state index >= 15 is 0 Å². The number of benzene rings is 2. The van der Waals surface area contributed by atoms with Gasteiger partial charge in [-0.3, -0.25) is 0 Å². The summed E-state index contributed by atoms with van der Waals surface area (Å²) in [6.45, 7) is -0.351. The molecule has 0 unspecified atom stereocenters. The largest absolute Gasteiger partial charge is 0.482 e. The maximum absolute atomic E-state index is 10.4. The van der Waals surface area contributed by atoms with Crippen LogP contribution in [0.25, 0.3) is 0 Å². The number of carbonyl (C=O) groups is 1. The molecule has 5 heteroatoms. The normalized spacial score (nSPS) is 10.1. The van der Waals surface area contributed by atoms with E-state index in [2.05, 4.69) is 0 Å². The average Bonchev–Trinajstić information content (AvgIpc) is 2.47. The Hall–Kier alpha value is -2.14. The number of carboxylic acids is 1. The van der Waals surface area contributed by atoms with Crippen molar-refractivity contribution in [3.8, 4) is 17.2 Å². The van der Waals surface area contributed by atoms with Crippen LogP contribution in [-0.2, 0) is 4.79 Å². The Kier molecular flexibility index (Phi) is 4.90. The lowest BCUT2D eigenvalue weighted by atomic mass is 10.3. The number of hydrogen-bond donors (Lipinski definition) is 1. The molecule has 2 aromatic carbocycles. The first-order valence-electron chi connectivity index (χ1n) is 5.94. The van der Waals surface area contributed by atoms with Crippen molar-refractivity contribution in [2.24, 2.45) is 0 Å². The zero-order valence-corrected chi connectivity index (χ0v) is 11.7. The van der Waals surface area contributed by atoms with Crippen LogP contribution in [0.2, 0.25) is 0 Å². The van der Waals surface area contributed by atoms with E-state index in [1.165, 1.54) is 4.90 Å². The number of thioether (sulfide) groups is 1. The highest BCUT2D eigenvalue weighted by Crippen LogP contribution is 2.25. The molecule has 0 fully saturated rings. The van der Waals surface area contributed by atoms with Gasteiger partial charge in [0.2, 0.25) is 0 Å². The quantitative estimate of drug-likeness (QED) is 0.823. The fraction of sp³-hybridized carbons (Fsp3) is 0.133. The van der Waals surface area contributed by atoms with E-state index in [4.69, 9.17) is 14.6 Å². The summed E-state index contributed by atoms with van der Waals surface area (Å²) in [6, 6.07) is 14.6. The van der Waals surface area contributed by atoms with E-state index in [0.717, 1.165) is 5.75 Å². The van der Waals surface area contributed by atoms with Crippen molar-refractivity contribution >= 4 is 17.7 Å². The molecule has 0 amide bonds. The molecule has 0 aromatic heterocycles. The second-order valence-corrected chi connectivity index (χ2v) is 4.81. The third kappa shape index (κ3) is 4.20. The summed E-state index contributed by atoms with van der Waals surface area (Å²) in [7, 11) is 0. The Morgan fingerprint density at radius 2 is 1.50 bits per heavy atom. The summed E-state index contributed by atoms with van der Waals surface area (Å²) in [5.41, 5.74) is 0. The van der Waals surface area contributed by atoms with Gasteiger partial charge in [0.05, 0.1) is 0 Å². The van der Waals surface area contributed by atoms with E-state index in [9.17, 15) is 4.79 Å². The van der Waals surface area contributed by atoms with Crippen molar-refractivity contribution in [2.75, 3.05) is 12.9 Å². The predicted octanol–water partition coefficient (Wildman–Crippen LogP) is 3.66. The van der Waals surface area contributed by atoms with Crippen LogP contribution in [0.4, 0.5) is 0 Å². The fourth-order valence-electron chi connectivity index (χ4n) is 1.53. The third-order valence-electron chi connectivity index (χ3n) is 2.48. The van der Waals surface area contributed by atoms with E-state index in [-0.39, 0.29) is 6.61 Å². The van der Waals surface area contributed by atoms with E-state index < -0.39 is 5.97 Å². The van der Waals surface area contributed by atoms with Gasteiger partial charge in [-0.1, -0.05) is 0 Å². The second kappa shape index (κ2) is 6.86. The molecule has 0 bridgehead atoms. The Labute approximate surface area is 121 Å². The van der Waals surface area contributed by atoms with Crippen LogP contribution >= 0.6 is 11.8 Å². The van der Waals surface area contributed by atoms with Crippen LogP contribution < -0.4 is 9.47 Å². The molecule has 0 heterocycles. The van der Waals surface area contributed by atoms with Crippen molar-refractivity contribution in [1.82, 2.24) is 0 Å². The van der Waals surface area contributed by atoms with Crippen LogP contribution in [0.3, 0.4) is 0 Å². The molecule has 2 rings (SSSR count). The van der Waals surface area contributed by atoms with Gasteiger partial charge in [-0.15, -0.1) is 11.8 Å². The van der Waals surface area contributed by atoms with Crippen molar-refractivity contribution < 1.29 is 19.4 Å². The van der Waals surface area contributed by atoms with E-state index in [1.54, 1.807) is 36.0 Å². The molecule has 4 nitrogen and oxygen atoms in total. The first kappa shape index (κ1) is 14.3. The summed E-state index contributed by atoms with van der Waals surface area (Å²) in [5.74, 6) is 0.920. The molecule has 0 aliphatic rings. The highest BCUT2D eigenvalue weighted by Gasteiger charge is 2.01. The predicted molar refractivity (Wildman–Crippen MR) is 77.9 cm³/mol. The Balaban J connectivity index is 1.97. The third-order valence-corrected chi connectivity index (χ3v) is 3.22. The van der Waals surface area contributed by atoms with Gasteiger partial charge >= 0.3 is 5.97 Å². The molecule has 0 saturated heterocycles. The molecule has 104 valence electrons. The van der Waals surface area contributed by atoms with Crippen LogP contribution in [-0.4, -0.2) is 23.9 Å². The van der Waals surface area contributed by atoms with Crippen molar-refractivity contribution in [2.45, 2.75) is 4.90 Å². The number of carboxylic acid groups (broad SMARTS) is 1. The van der Waals surface area contributed by atoms with Crippen LogP contribution in [0.15, 0.2) is 53.4 Å². The van der Waals surface area contributed by atoms with E-state index in [1.807, 2.05) is 30.5 Å². The highest BCUT2D eigenvalue weighted by atomic mass is 32.2. The van der Waals surface area contributed by atoms with Gasteiger partial charge in [0, 0.05) is 4.90 Å². The van der Waals surface area contributed by atoms with Gasteiger partial charge in [-0.2, -0.15) is 0 Å². The molecular formula is C15H14O4S. The lowest BCUT2D eigenvalue weighted by Crippen LogP contribution is -2.09. The minimum Gasteiger partial charge on any atom is -0.482 e. The zero-order chi connectivity index (χ0) is 14.4. The standard InChI is InChI=1S/C15H14O4S/c1-20-14-8-6-13(7-9-14)19-12-4-2-11(3-5-12)18-10-15(16)17/h2-9H,10H2,1H3,(H,16,17). The molecule has 0 aliphatic heterocycles. The van der Waals surface area contributed by atoms with E-state index in [0.29, 0.717) is 11.5 Å². The van der Waals surface area contributed by atoms with Gasteiger partial charge in [0.1, 0.15) is 17.2 Å². The van der Waals surface area contributed by atoms with Gasteiger partial charge in [-0.25, -0.2) is 4.79 Å². The number of ether oxygens (including phenoxy) is 2. The first-order valence-corrected chi connectivity index (χ1v) is 7.16. The van der Waals surface area contributed by atoms with Gasteiger partial charge in [0.25, 0.3) is 0 Å². The molecule has 1 N–H and O–H groups in total. The number of rotatable bonds is 6. The fourth-order valence-corrected chi connectivity index (χ4v) is 1.94. The summed E-state index contributed by atoms with van der Waals surface area (Å²) < 4.78 is 10.7. The molecule has 20 heavy (non-hydrogen) atoms. The monoisotopic (exact) mass is 290 g/mol. The maximum Gasteiger partial charge on any atom is 0.341 e. The lowest BCUT2D eigenvalue weighted by Gasteiger charge is -2.07. The molecule has 2 aromatic rings. The molecule has 0 atom stereocenters. The number of hydrogen-bond acceptors (Lipinski definition) is 4. The molecule has 0 saturated carbocycles. The lowest BCUT2D eigenvalue weighted by molar-refractivity contribution is -0.139. The zero-order valence-electron chi connectivity index (χ0n) is 10.9. The Bertz CT molecular complexity index is 563. The Morgan fingerprint density at radius 3 is 2.00 bits per heavy atom. The van der Waals surface area contributed by atoms with Crippen molar-refractivity contribution in [1.29, 1.82) is 0 Å². The van der Waals surface area contributed by atoms with Crippen molar-refractivity contribution in [3.63, 3.8) is 0 Å². The van der Waals surface area contributed by atoms with Gasteiger partial charge in [0.15, 0.2) is 6.61 Å². The maximum atomic E-state index is 10.4. The first-order chi connectivity index (χ1) is 9.67. The molecule has 0 aliphatic carbocycles. The topological polar surface area (TPSA) is 55.8 Å². The van der Waals surface area contributed by atoms with Crippen molar-refractivity contribution in [3.05, 3.63) is 48.5 Å². The van der Waals surface area contributed by atoms with Gasteiger partial charge < -0.3 is 14.6 Å². The van der Waals surface area contributed by atoms with Crippen LogP contribution in [0.1, 0.15) is 0 Å². The molecule has 0 radical (unpaired) electrons. The smallest absolute Gasteiger partial charge is 0.341 e. The summed E-state index contributed by atoms with van der Waals surface area (Å²) in [5, 5.41) is 8.52. The summed E-state index contributed by atoms with van der Waals surface area (Å²) in [6.07, 6.45) is 2.02. The minimum absolute atomic E-state index is 0.351. The second-order valence-electron chi connectivity index (χ2n) is 3.93. The highest BCUT2D eigenvalue weighted by molar-refractivity contribution is 7.98. The van der Waals surface area contributed by atoms with Gasteiger partial charge in [-0.05, 0) is 54.8 Å². The average molecular weight is 290 g/mol.